The first kappa shape index (κ1) is 15.1. The summed E-state index contributed by atoms with van der Waals surface area (Å²) in [7, 11) is 0. The molecule has 1 N–H and O–H groups in total. The first-order valence-electron chi connectivity index (χ1n) is 6.82. The SMILES string of the molecule is Cc1ccc(NC(=O)c2cc3ccccc3o2)cc1C(F)(F)F. The Balaban J connectivity index is 1.88. The molecule has 0 aliphatic heterocycles. The van der Waals surface area contributed by atoms with Crippen LogP contribution in [0.25, 0.3) is 11.0 Å². The number of benzene rings is 2. The number of halogens is 3. The van der Waals surface area contributed by atoms with Crippen LogP contribution >= 0.6 is 0 Å². The van der Waals surface area contributed by atoms with Gasteiger partial charge in [-0.3, -0.25) is 4.79 Å². The second-order valence-corrected chi connectivity index (χ2v) is 5.13. The molecular weight excluding hydrogens is 307 g/mol. The number of carbonyl (C=O) groups excluding carboxylic acids is 1. The molecule has 0 unspecified atom stereocenters. The van der Waals surface area contributed by atoms with E-state index in [0.717, 1.165) is 11.5 Å². The van der Waals surface area contributed by atoms with Crippen LogP contribution in [0.3, 0.4) is 0 Å². The molecule has 3 rings (SSSR count). The maximum atomic E-state index is 12.9. The predicted octanol–water partition coefficient (Wildman–Crippen LogP) is 5.01. The third-order valence-electron chi connectivity index (χ3n) is 3.45. The van der Waals surface area contributed by atoms with Crippen molar-refractivity contribution in [2.45, 2.75) is 13.1 Å². The zero-order chi connectivity index (χ0) is 16.6. The Labute approximate surface area is 129 Å². The summed E-state index contributed by atoms with van der Waals surface area (Å²) >= 11 is 0. The Morgan fingerprint density at radius 2 is 1.83 bits per heavy atom. The van der Waals surface area contributed by atoms with E-state index in [4.69, 9.17) is 4.42 Å². The summed E-state index contributed by atoms with van der Waals surface area (Å²) in [6, 6.07) is 12.3. The molecule has 118 valence electrons. The van der Waals surface area contributed by atoms with Gasteiger partial charge < -0.3 is 9.73 Å². The highest BCUT2D eigenvalue weighted by molar-refractivity contribution is 6.04. The molecule has 0 saturated carbocycles. The smallest absolute Gasteiger partial charge is 0.416 e. The average molecular weight is 319 g/mol. The zero-order valence-corrected chi connectivity index (χ0v) is 12.1. The van der Waals surface area contributed by atoms with Crippen molar-refractivity contribution in [2.75, 3.05) is 5.32 Å². The van der Waals surface area contributed by atoms with Gasteiger partial charge in [0.2, 0.25) is 0 Å². The van der Waals surface area contributed by atoms with Gasteiger partial charge in [0.15, 0.2) is 5.76 Å². The number of para-hydroxylation sites is 1. The Kier molecular flexibility index (Phi) is 3.60. The molecule has 0 saturated heterocycles. The van der Waals surface area contributed by atoms with Crippen LogP contribution in [0.15, 0.2) is 52.9 Å². The van der Waals surface area contributed by atoms with Crippen molar-refractivity contribution in [3.63, 3.8) is 0 Å². The number of hydrogen-bond donors (Lipinski definition) is 1. The second-order valence-electron chi connectivity index (χ2n) is 5.13. The Morgan fingerprint density at radius 1 is 1.09 bits per heavy atom. The normalized spacial score (nSPS) is 11.7. The van der Waals surface area contributed by atoms with Crippen molar-refractivity contribution in [2.24, 2.45) is 0 Å². The van der Waals surface area contributed by atoms with Gasteiger partial charge >= 0.3 is 6.18 Å². The first-order valence-corrected chi connectivity index (χ1v) is 6.82. The molecule has 0 aliphatic carbocycles. The van der Waals surface area contributed by atoms with E-state index < -0.39 is 17.6 Å². The number of anilines is 1. The molecule has 2 aromatic carbocycles. The summed E-state index contributed by atoms with van der Waals surface area (Å²) in [5, 5.41) is 3.17. The lowest BCUT2D eigenvalue weighted by molar-refractivity contribution is -0.138. The van der Waals surface area contributed by atoms with E-state index in [1.165, 1.54) is 19.1 Å². The molecular formula is C17H12F3NO2. The highest BCUT2D eigenvalue weighted by Gasteiger charge is 2.32. The fraction of sp³-hybridized carbons (Fsp3) is 0.118. The summed E-state index contributed by atoms with van der Waals surface area (Å²) in [6.07, 6.45) is -4.47. The predicted molar refractivity (Wildman–Crippen MR) is 80.3 cm³/mol. The van der Waals surface area contributed by atoms with Crippen LogP contribution in [0.2, 0.25) is 0 Å². The summed E-state index contributed by atoms with van der Waals surface area (Å²) in [6.45, 7) is 1.37. The summed E-state index contributed by atoms with van der Waals surface area (Å²) in [5.74, 6) is -0.557. The van der Waals surface area contributed by atoms with Crippen molar-refractivity contribution in [3.8, 4) is 0 Å². The van der Waals surface area contributed by atoms with Crippen molar-refractivity contribution in [1.29, 1.82) is 0 Å². The molecule has 0 atom stereocenters. The number of rotatable bonds is 2. The Hall–Kier alpha value is -2.76. The van der Waals surface area contributed by atoms with Crippen molar-refractivity contribution in [1.82, 2.24) is 0 Å². The fourth-order valence-electron chi connectivity index (χ4n) is 2.29. The molecule has 6 heteroatoms. The van der Waals surface area contributed by atoms with E-state index in [1.807, 2.05) is 0 Å². The average Bonchev–Trinajstić information content (AvgIpc) is 2.92. The molecule has 1 aromatic heterocycles. The molecule has 1 amide bonds. The molecule has 0 bridgehead atoms. The molecule has 23 heavy (non-hydrogen) atoms. The number of fused-ring (bicyclic) bond motifs is 1. The summed E-state index contributed by atoms with van der Waals surface area (Å²) in [5.41, 5.74) is -0.0786. The number of aryl methyl sites for hydroxylation is 1. The van der Waals surface area contributed by atoms with Crippen LogP contribution in [0.5, 0.6) is 0 Å². The maximum absolute atomic E-state index is 12.9. The summed E-state index contributed by atoms with van der Waals surface area (Å²) in [4.78, 5) is 12.1. The highest BCUT2D eigenvalue weighted by atomic mass is 19.4. The van der Waals surface area contributed by atoms with Gasteiger partial charge in [-0.2, -0.15) is 13.2 Å². The van der Waals surface area contributed by atoms with Gasteiger partial charge in [0.25, 0.3) is 5.91 Å². The molecule has 3 nitrogen and oxygen atoms in total. The first-order chi connectivity index (χ1) is 10.8. The third kappa shape index (κ3) is 3.06. The Morgan fingerprint density at radius 3 is 2.52 bits per heavy atom. The van der Waals surface area contributed by atoms with Crippen LogP contribution in [-0.4, -0.2) is 5.91 Å². The van der Waals surface area contributed by atoms with Gasteiger partial charge in [-0.1, -0.05) is 24.3 Å². The fourth-order valence-corrected chi connectivity index (χ4v) is 2.29. The van der Waals surface area contributed by atoms with Crippen molar-refractivity contribution in [3.05, 3.63) is 65.4 Å². The molecule has 0 spiro atoms. The van der Waals surface area contributed by atoms with Gasteiger partial charge in [0, 0.05) is 11.1 Å². The van der Waals surface area contributed by atoms with E-state index >= 15 is 0 Å². The van der Waals surface area contributed by atoms with Gasteiger partial charge in [0.05, 0.1) is 5.56 Å². The van der Waals surface area contributed by atoms with Crippen LogP contribution in [-0.2, 0) is 6.18 Å². The zero-order valence-electron chi connectivity index (χ0n) is 12.1. The minimum absolute atomic E-state index is 0.0420. The number of hydrogen-bond acceptors (Lipinski definition) is 2. The second kappa shape index (κ2) is 5.46. The molecule has 3 aromatic rings. The standard InChI is InChI=1S/C17H12F3NO2/c1-10-6-7-12(9-13(10)17(18,19)20)21-16(22)15-8-11-4-2-3-5-14(11)23-15/h2-9H,1H3,(H,21,22). The van der Waals surface area contributed by atoms with Crippen LogP contribution in [0, 0.1) is 6.92 Å². The maximum Gasteiger partial charge on any atom is 0.416 e. The van der Waals surface area contributed by atoms with E-state index in [2.05, 4.69) is 5.32 Å². The Bertz CT molecular complexity index is 848. The molecule has 1 heterocycles. The molecule has 0 radical (unpaired) electrons. The lowest BCUT2D eigenvalue weighted by Crippen LogP contribution is -2.13. The van der Waals surface area contributed by atoms with Gasteiger partial charge in [-0.05, 0) is 36.8 Å². The van der Waals surface area contributed by atoms with Gasteiger partial charge in [-0.25, -0.2) is 0 Å². The number of nitrogens with one attached hydrogen (secondary N) is 1. The third-order valence-corrected chi connectivity index (χ3v) is 3.45. The highest BCUT2D eigenvalue weighted by Crippen LogP contribution is 2.33. The largest absolute Gasteiger partial charge is 0.451 e. The number of furan rings is 1. The minimum atomic E-state index is -4.47. The lowest BCUT2D eigenvalue weighted by Gasteiger charge is -2.12. The summed E-state index contributed by atoms with van der Waals surface area (Å²) < 4.78 is 44.1. The van der Waals surface area contributed by atoms with Crippen LogP contribution in [0.4, 0.5) is 18.9 Å². The van der Waals surface area contributed by atoms with Crippen LogP contribution < -0.4 is 5.32 Å². The quantitative estimate of drug-likeness (QED) is 0.721. The lowest BCUT2D eigenvalue weighted by atomic mass is 10.1. The van der Waals surface area contributed by atoms with Crippen LogP contribution in [0.1, 0.15) is 21.7 Å². The van der Waals surface area contributed by atoms with Gasteiger partial charge in [-0.15, -0.1) is 0 Å². The van der Waals surface area contributed by atoms with E-state index in [1.54, 1.807) is 30.3 Å². The van der Waals surface area contributed by atoms with E-state index in [-0.39, 0.29) is 17.0 Å². The van der Waals surface area contributed by atoms with Crippen molar-refractivity contribution >= 4 is 22.6 Å². The minimum Gasteiger partial charge on any atom is -0.451 e. The number of carbonyl (C=O) groups is 1. The number of amides is 1. The van der Waals surface area contributed by atoms with E-state index in [0.29, 0.717) is 5.58 Å². The monoisotopic (exact) mass is 319 g/mol. The molecule has 0 aliphatic rings. The van der Waals surface area contributed by atoms with Crippen molar-refractivity contribution < 1.29 is 22.4 Å². The number of alkyl halides is 3. The molecule has 0 fully saturated rings. The topological polar surface area (TPSA) is 42.2 Å². The van der Waals surface area contributed by atoms with Gasteiger partial charge in [0.1, 0.15) is 5.58 Å². The van der Waals surface area contributed by atoms with E-state index in [9.17, 15) is 18.0 Å².